The largest absolute Gasteiger partial charge is 0.311 e. The minimum absolute atomic E-state index is 0.133. The van der Waals surface area contributed by atoms with Gasteiger partial charge in [0.25, 0.3) is 6.71 Å². The number of benzene rings is 14. The van der Waals surface area contributed by atoms with Crippen LogP contribution in [0.15, 0.2) is 346 Å². The summed E-state index contributed by atoms with van der Waals surface area (Å²) in [6.07, 6.45) is 0. The van der Waals surface area contributed by atoms with Gasteiger partial charge in [0, 0.05) is 67.3 Å². The number of hydrogen-bond acceptors (Lipinski definition) is 4. The van der Waals surface area contributed by atoms with E-state index in [0.717, 1.165) is 95.6 Å². The Balaban J connectivity index is 0.844. The highest BCUT2D eigenvalue weighted by Gasteiger charge is 2.44. The average Bonchev–Trinajstić information content (AvgIpc) is 1.10. The van der Waals surface area contributed by atoms with Crippen LogP contribution in [0.2, 0.25) is 0 Å². The Kier molecular flexibility index (Phi) is 13.5. The lowest BCUT2D eigenvalue weighted by molar-refractivity contribution is 1.15. The van der Waals surface area contributed by atoms with Gasteiger partial charge in [0.15, 0.2) is 5.82 Å². The van der Waals surface area contributed by atoms with Crippen LogP contribution in [0, 0.1) is 6.92 Å². The predicted octanol–water partition coefficient (Wildman–Crippen LogP) is 21.3. The fraction of sp³-hybridized carbons (Fsp3) is 0.0112. The zero-order valence-corrected chi connectivity index (χ0v) is 52.2. The molecule has 0 amide bonds. The lowest BCUT2D eigenvalue weighted by atomic mass is 9.33. The third-order valence-electron chi connectivity index (χ3n) is 19.3. The van der Waals surface area contributed by atoms with E-state index in [0.29, 0.717) is 5.82 Å². The minimum Gasteiger partial charge on any atom is -0.311 e. The summed E-state index contributed by atoms with van der Waals surface area (Å²) in [6.45, 7) is 2.05. The van der Waals surface area contributed by atoms with Crippen LogP contribution in [0.25, 0.3) is 117 Å². The molecule has 0 unspecified atom stereocenters. The lowest BCUT2D eigenvalue weighted by Crippen LogP contribution is -2.61. The van der Waals surface area contributed by atoms with E-state index in [1.54, 1.807) is 0 Å². The summed E-state index contributed by atoms with van der Waals surface area (Å²) in [4.78, 5) is 15.6. The van der Waals surface area contributed by atoms with Crippen LogP contribution in [0.5, 0.6) is 0 Å². The fourth-order valence-electron chi connectivity index (χ4n) is 14.8. The van der Waals surface area contributed by atoms with Gasteiger partial charge in [-0.2, -0.15) is 0 Å². The predicted molar refractivity (Wildman–Crippen MR) is 399 cm³/mol. The Hall–Kier alpha value is -12.4. The summed E-state index contributed by atoms with van der Waals surface area (Å²) in [5, 5.41) is 2.36. The van der Waals surface area contributed by atoms with Gasteiger partial charge < -0.3 is 14.4 Å². The third kappa shape index (κ3) is 9.73. The summed E-state index contributed by atoms with van der Waals surface area (Å²) in [7, 11) is 0. The third-order valence-corrected chi connectivity index (χ3v) is 19.3. The van der Waals surface area contributed by atoms with E-state index >= 15 is 0 Å². The molecule has 0 saturated heterocycles. The zero-order chi connectivity index (χ0) is 62.9. The summed E-state index contributed by atoms with van der Waals surface area (Å²) >= 11 is 0. The number of hydrogen-bond donors (Lipinski definition) is 0. The molecule has 0 bridgehead atoms. The van der Waals surface area contributed by atoms with Gasteiger partial charge in [-0.1, -0.05) is 255 Å². The van der Waals surface area contributed by atoms with E-state index < -0.39 is 0 Å². The number of nitrogens with zero attached hydrogens (tertiary/aromatic N) is 5. The van der Waals surface area contributed by atoms with E-state index in [1.807, 2.05) is 12.1 Å². The van der Waals surface area contributed by atoms with Gasteiger partial charge in [-0.15, -0.1) is 0 Å². The molecule has 16 aromatic rings. The van der Waals surface area contributed by atoms with Gasteiger partial charge in [0.2, 0.25) is 0 Å². The molecule has 0 atom stereocenters. The monoisotopic (exact) mass is 1210 g/mol. The molecular formula is C89H60BN5. The van der Waals surface area contributed by atoms with Gasteiger partial charge in [-0.3, -0.25) is 0 Å². The highest BCUT2D eigenvalue weighted by molar-refractivity contribution is 7.00. The van der Waals surface area contributed by atoms with Crippen molar-refractivity contribution in [1.82, 2.24) is 14.5 Å². The number of aryl methyl sites for hydroxylation is 1. The Bertz CT molecular complexity index is 5330. The smallest absolute Gasteiger partial charge is 0.252 e. The summed E-state index contributed by atoms with van der Waals surface area (Å²) < 4.78 is 2.42. The van der Waals surface area contributed by atoms with Crippen LogP contribution in [0.3, 0.4) is 0 Å². The molecule has 444 valence electrons. The molecule has 0 N–H and O–H groups in total. The average molecular weight is 1210 g/mol. The van der Waals surface area contributed by atoms with Crippen molar-refractivity contribution < 1.29 is 0 Å². The zero-order valence-electron chi connectivity index (χ0n) is 52.2. The van der Waals surface area contributed by atoms with Crippen LogP contribution >= 0.6 is 0 Å². The maximum Gasteiger partial charge on any atom is 0.252 e. The maximum absolute atomic E-state index is 5.24. The first-order chi connectivity index (χ1) is 47.0. The normalized spacial score (nSPS) is 12.2. The fourth-order valence-corrected chi connectivity index (χ4v) is 14.8. The van der Waals surface area contributed by atoms with Crippen molar-refractivity contribution >= 4 is 79.0 Å². The molecule has 0 spiro atoms. The molecule has 0 radical (unpaired) electrons. The molecule has 0 fully saturated rings. The minimum atomic E-state index is -0.133. The second-order valence-electron chi connectivity index (χ2n) is 24.9. The Labute approximate surface area is 553 Å². The van der Waals surface area contributed by atoms with Crippen molar-refractivity contribution in [3.63, 3.8) is 0 Å². The van der Waals surface area contributed by atoms with Crippen molar-refractivity contribution in [2.24, 2.45) is 0 Å². The van der Waals surface area contributed by atoms with E-state index in [1.165, 1.54) is 71.7 Å². The molecule has 0 saturated carbocycles. The summed E-state index contributed by atoms with van der Waals surface area (Å²) in [6, 6.07) is 126. The van der Waals surface area contributed by atoms with E-state index in [2.05, 4.69) is 355 Å². The van der Waals surface area contributed by atoms with Crippen molar-refractivity contribution in [3.05, 3.63) is 351 Å². The molecule has 4 heterocycles. The number of anilines is 6. The van der Waals surface area contributed by atoms with Crippen molar-refractivity contribution in [2.45, 2.75) is 6.92 Å². The molecule has 95 heavy (non-hydrogen) atoms. The Morgan fingerprint density at radius 1 is 0.263 bits per heavy atom. The SMILES string of the molecule is Cc1cc(-n2c3ccccc3c3cc(-c4cc5c6c(c4)N(c4ccc(-c7ccccc7)cc4)c4ccc(-c7ccccc7)cc4B6c4cc(-c6ccccc6)ccc4N5c4ccc(-c5ccccc5)cc4)ccc32)ccc1-c1nc(-c2ccccc2)cc(-c2ccccc2)n1. The Morgan fingerprint density at radius 3 is 1.12 bits per heavy atom. The van der Waals surface area contributed by atoms with Crippen molar-refractivity contribution in [2.75, 3.05) is 9.80 Å². The van der Waals surface area contributed by atoms with E-state index in [-0.39, 0.29) is 6.71 Å². The quantitative estimate of drug-likeness (QED) is 0.121. The van der Waals surface area contributed by atoms with Crippen LogP contribution in [0.4, 0.5) is 34.1 Å². The first-order valence-electron chi connectivity index (χ1n) is 32.6. The molecule has 2 aromatic heterocycles. The molecule has 2 aliphatic heterocycles. The van der Waals surface area contributed by atoms with Crippen LogP contribution in [-0.2, 0) is 0 Å². The van der Waals surface area contributed by atoms with Gasteiger partial charge in [-0.25, -0.2) is 9.97 Å². The van der Waals surface area contributed by atoms with Gasteiger partial charge in [0.05, 0.1) is 22.4 Å². The first kappa shape index (κ1) is 55.5. The number of rotatable bonds is 11. The van der Waals surface area contributed by atoms with Gasteiger partial charge in [0.1, 0.15) is 0 Å². The van der Waals surface area contributed by atoms with E-state index in [4.69, 9.17) is 9.97 Å². The first-order valence-corrected chi connectivity index (χ1v) is 32.6. The van der Waals surface area contributed by atoms with Gasteiger partial charge >= 0.3 is 0 Å². The number of fused-ring (bicyclic) bond motifs is 7. The molecule has 14 aromatic carbocycles. The molecule has 0 aliphatic carbocycles. The highest BCUT2D eigenvalue weighted by Crippen LogP contribution is 2.48. The van der Waals surface area contributed by atoms with Crippen molar-refractivity contribution in [1.29, 1.82) is 0 Å². The topological polar surface area (TPSA) is 37.2 Å². The Morgan fingerprint density at radius 2 is 0.642 bits per heavy atom. The maximum atomic E-state index is 5.24. The highest BCUT2D eigenvalue weighted by atomic mass is 15.2. The summed E-state index contributed by atoms with van der Waals surface area (Å²) in [5.41, 5.74) is 31.5. The molecule has 5 nitrogen and oxygen atoms in total. The van der Waals surface area contributed by atoms with E-state index in [9.17, 15) is 0 Å². The molecule has 6 heteroatoms. The lowest BCUT2D eigenvalue weighted by Gasteiger charge is -2.44. The number of aromatic nitrogens is 3. The second kappa shape index (κ2) is 23.1. The molecular weight excluding hydrogens is 1150 g/mol. The van der Waals surface area contributed by atoms with Crippen molar-refractivity contribution in [3.8, 4) is 95.2 Å². The van der Waals surface area contributed by atoms with Crippen LogP contribution in [0.1, 0.15) is 5.56 Å². The van der Waals surface area contributed by atoms with Gasteiger partial charge in [-0.05, 0) is 176 Å². The standard InChI is InChI=1S/C89H60BN5/c1-59-52-74(47-48-75(59)89-91-80(66-30-16-6-17-31-66)58-81(92-89)67-32-18-7-19-33-67)95-82-35-21-20-34-76(82)77-53-68(40-49-83(77)95)71-56-86-88-87(57-71)94(73-45-38-65(39-46-73)61-24-10-3-11-25-61)85-51-42-70(63-28-14-5-15-29-63)55-79(85)90(88)78-54-69(62-26-12-4-13-27-62)41-50-84(78)93(86)72-43-36-64(37-44-72)60-22-8-2-9-23-60/h2-58H,1H3. The van der Waals surface area contributed by atoms with Crippen LogP contribution in [-0.4, -0.2) is 21.2 Å². The van der Waals surface area contributed by atoms with Crippen LogP contribution < -0.4 is 26.2 Å². The second-order valence-corrected chi connectivity index (χ2v) is 24.9. The number of para-hydroxylation sites is 1. The summed E-state index contributed by atoms with van der Waals surface area (Å²) in [5.74, 6) is 0.697. The molecule has 18 rings (SSSR count). The molecule has 2 aliphatic rings.